The molecule has 1 aliphatic heterocycles. The van der Waals surface area contributed by atoms with Crippen molar-refractivity contribution in [2.75, 3.05) is 25.0 Å². The molecule has 2 rings (SSSR count). The molecule has 0 bridgehead atoms. The molecule has 2 heteroatoms. The van der Waals surface area contributed by atoms with Crippen molar-refractivity contribution >= 4 is 5.69 Å². The van der Waals surface area contributed by atoms with Crippen LogP contribution in [0.25, 0.3) is 0 Å². The predicted molar refractivity (Wildman–Crippen MR) is 74.6 cm³/mol. The van der Waals surface area contributed by atoms with Gasteiger partial charge in [0.25, 0.3) is 0 Å². The van der Waals surface area contributed by atoms with Gasteiger partial charge in [0.15, 0.2) is 0 Å². The highest BCUT2D eigenvalue weighted by atomic mass is 14.9. The van der Waals surface area contributed by atoms with Crippen LogP contribution in [0.2, 0.25) is 0 Å². The van der Waals surface area contributed by atoms with Crippen molar-refractivity contribution < 1.29 is 0 Å². The average molecular weight is 232 g/mol. The molecule has 0 radical (unpaired) electrons. The molecule has 0 saturated carbocycles. The number of hydrogen-bond acceptors (Lipinski definition) is 2. The molecule has 1 aromatic carbocycles. The zero-order valence-corrected chi connectivity index (χ0v) is 11.1. The molecule has 1 atom stereocenters. The highest BCUT2D eigenvalue weighted by Crippen LogP contribution is 2.16. The molecule has 17 heavy (non-hydrogen) atoms. The Bertz CT molecular complexity index is 354. The highest BCUT2D eigenvalue weighted by Gasteiger charge is 2.11. The summed E-state index contributed by atoms with van der Waals surface area (Å²) >= 11 is 0. The summed E-state index contributed by atoms with van der Waals surface area (Å²) in [5, 5.41) is 7.00. The van der Waals surface area contributed by atoms with Crippen LogP contribution >= 0.6 is 0 Å². The van der Waals surface area contributed by atoms with Crippen LogP contribution in [0.4, 0.5) is 5.69 Å². The summed E-state index contributed by atoms with van der Waals surface area (Å²) in [7, 11) is 0. The van der Waals surface area contributed by atoms with Gasteiger partial charge in [-0.2, -0.15) is 0 Å². The largest absolute Gasteiger partial charge is 0.385 e. The van der Waals surface area contributed by atoms with Crippen molar-refractivity contribution in [2.24, 2.45) is 5.92 Å². The Hall–Kier alpha value is -1.02. The van der Waals surface area contributed by atoms with Crippen molar-refractivity contribution in [3.8, 4) is 0 Å². The molecule has 1 aromatic rings. The minimum absolute atomic E-state index is 0.864. The molecule has 0 aliphatic carbocycles. The lowest BCUT2D eigenvalue weighted by Crippen LogP contribution is -2.30. The molecule has 0 aromatic heterocycles. The van der Waals surface area contributed by atoms with E-state index in [2.05, 4.69) is 42.7 Å². The maximum atomic E-state index is 3.53. The van der Waals surface area contributed by atoms with Gasteiger partial charge in [0.2, 0.25) is 0 Å². The van der Waals surface area contributed by atoms with E-state index in [1.54, 1.807) is 0 Å². The summed E-state index contributed by atoms with van der Waals surface area (Å²) < 4.78 is 0. The maximum Gasteiger partial charge on any atom is 0.0342 e. The van der Waals surface area contributed by atoms with Gasteiger partial charge < -0.3 is 10.6 Å². The first-order valence-electron chi connectivity index (χ1n) is 6.77. The first kappa shape index (κ1) is 12.4. The number of hydrogen-bond donors (Lipinski definition) is 2. The normalized spacial score (nSPS) is 20.2. The van der Waals surface area contributed by atoms with Gasteiger partial charge in [-0.25, -0.2) is 0 Å². The van der Waals surface area contributed by atoms with E-state index in [0.717, 1.165) is 12.5 Å². The van der Waals surface area contributed by atoms with Crippen LogP contribution in [0, 0.1) is 19.8 Å². The number of nitrogens with one attached hydrogen (secondary N) is 2. The molecule has 2 nitrogen and oxygen atoms in total. The summed E-state index contributed by atoms with van der Waals surface area (Å²) in [6.07, 6.45) is 4.01. The minimum atomic E-state index is 0.864. The van der Waals surface area contributed by atoms with Crippen molar-refractivity contribution in [3.63, 3.8) is 0 Å². The Morgan fingerprint density at radius 1 is 1.29 bits per heavy atom. The summed E-state index contributed by atoms with van der Waals surface area (Å²) in [6, 6.07) is 6.62. The molecule has 0 spiro atoms. The number of anilines is 1. The van der Waals surface area contributed by atoms with Gasteiger partial charge in [0, 0.05) is 12.2 Å². The third kappa shape index (κ3) is 3.74. The topological polar surface area (TPSA) is 24.1 Å². The fourth-order valence-electron chi connectivity index (χ4n) is 2.44. The van der Waals surface area contributed by atoms with Gasteiger partial charge in [0.1, 0.15) is 0 Å². The molecule has 1 unspecified atom stereocenters. The number of benzene rings is 1. The third-order valence-electron chi connectivity index (χ3n) is 3.79. The molecule has 2 N–H and O–H groups in total. The molecule has 1 saturated heterocycles. The molecule has 94 valence electrons. The zero-order valence-electron chi connectivity index (χ0n) is 11.1. The lowest BCUT2D eigenvalue weighted by atomic mass is 9.96. The summed E-state index contributed by atoms with van der Waals surface area (Å²) in [5.74, 6) is 0.864. The van der Waals surface area contributed by atoms with Gasteiger partial charge in [0.05, 0.1) is 0 Å². The summed E-state index contributed by atoms with van der Waals surface area (Å²) in [5.41, 5.74) is 4.00. The molecular weight excluding hydrogens is 208 g/mol. The Morgan fingerprint density at radius 2 is 2.18 bits per heavy atom. The van der Waals surface area contributed by atoms with Crippen molar-refractivity contribution in [3.05, 3.63) is 29.3 Å². The van der Waals surface area contributed by atoms with Crippen LogP contribution in [-0.2, 0) is 0 Å². The monoisotopic (exact) mass is 232 g/mol. The van der Waals surface area contributed by atoms with E-state index in [4.69, 9.17) is 0 Å². The van der Waals surface area contributed by atoms with Crippen LogP contribution in [0.5, 0.6) is 0 Å². The summed E-state index contributed by atoms with van der Waals surface area (Å²) in [6.45, 7) is 7.84. The molecule has 1 aliphatic rings. The van der Waals surface area contributed by atoms with E-state index in [0.29, 0.717) is 0 Å². The Balaban J connectivity index is 1.75. The average Bonchev–Trinajstić information content (AvgIpc) is 2.35. The fraction of sp³-hybridized carbons (Fsp3) is 0.600. The van der Waals surface area contributed by atoms with Crippen LogP contribution < -0.4 is 10.6 Å². The van der Waals surface area contributed by atoms with E-state index in [9.17, 15) is 0 Å². The first-order valence-corrected chi connectivity index (χ1v) is 6.77. The van der Waals surface area contributed by atoms with Crippen LogP contribution in [0.3, 0.4) is 0 Å². The Morgan fingerprint density at radius 3 is 2.88 bits per heavy atom. The second kappa shape index (κ2) is 6.06. The Labute approximate surface area is 105 Å². The zero-order chi connectivity index (χ0) is 12.1. The molecular formula is C15H24N2. The standard InChI is InChI=1S/C15H24N2/c1-12-5-6-15(10-13(12)2)17-9-7-14-4-3-8-16-11-14/h5-6,10,14,16-17H,3-4,7-9,11H2,1-2H3. The fourth-order valence-corrected chi connectivity index (χ4v) is 2.44. The van der Waals surface area contributed by atoms with E-state index in [-0.39, 0.29) is 0 Å². The van der Waals surface area contributed by atoms with Crippen molar-refractivity contribution in [1.29, 1.82) is 0 Å². The highest BCUT2D eigenvalue weighted by molar-refractivity contribution is 5.47. The maximum absolute atomic E-state index is 3.53. The quantitative estimate of drug-likeness (QED) is 0.833. The molecule has 1 fully saturated rings. The first-order chi connectivity index (χ1) is 8.25. The van der Waals surface area contributed by atoms with E-state index < -0.39 is 0 Å². The van der Waals surface area contributed by atoms with Gasteiger partial charge in [-0.1, -0.05) is 6.07 Å². The van der Waals surface area contributed by atoms with Crippen molar-refractivity contribution in [2.45, 2.75) is 33.1 Å². The van der Waals surface area contributed by atoms with E-state index in [1.807, 2.05) is 0 Å². The van der Waals surface area contributed by atoms with Crippen LogP contribution in [0.15, 0.2) is 18.2 Å². The van der Waals surface area contributed by atoms with Gasteiger partial charge >= 0.3 is 0 Å². The van der Waals surface area contributed by atoms with Gasteiger partial charge in [-0.15, -0.1) is 0 Å². The van der Waals surface area contributed by atoms with E-state index >= 15 is 0 Å². The third-order valence-corrected chi connectivity index (χ3v) is 3.79. The second-order valence-corrected chi connectivity index (χ2v) is 5.23. The molecule has 0 amide bonds. The smallest absolute Gasteiger partial charge is 0.0342 e. The van der Waals surface area contributed by atoms with Crippen molar-refractivity contribution in [1.82, 2.24) is 5.32 Å². The number of piperidine rings is 1. The van der Waals surface area contributed by atoms with Crippen LogP contribution in [0.1, 0.15) is 30.4 Å². The lowest BCUT2D eigenvalue weighted by Gasteiger charge is -2.22. The summed E-state index contributed by atoms with van der Waals surface area (Å²) in [4.78, 5) is 0. The predicted octanol–water partition coefficient (Wildman–Crippen LogP) is 3.11. The molecule has 1 heterocycles. The SMILES string of the molecule is Cc1ccc(NCCC2CCCNC2)cc1C. The van der Waals surface area contributed by atoms with Crippen LogP contribution in [-0.4, -0.2) is 19.6 Å². The number of aryl methyl sites for hydroxylation is 2. The van der Waals surface area contributed by atoms with Gasteiger partial charge in [-0.05, 0) is 75.4 Å². The van der Waals surface area contributed by atoms with E-state index in [1.165, 1.54) is 49.2 Å². The lowest BCUT2D eigenvalue weighted by molar-refractivity contribution is 0.364. The second-order valence-electron chi connectivity index (χ2n) is 5.23. The Kier molecular flexibility index (Phi) is 4.43. The van der Waals surface area contributed by atoms with Gasteiger partial charge in [-0.3, -0.25) is 0 Å². The minimum Gasteiger partial charge on any atom is -0.385 e. The number of rotatable bonds is 4.